The summed E-state index contributed by atoms with van der Waals surface area (Å²) in [4.78, 5) is 0. The summed E-state index contributed by atoms with van der Waals surface area (Å²) in [5, 5.41) is 50.5. The van der Waals surface area contributed by atoms with E-state index in [1.165, 1.54) is 0 Å². The summed E-state index contributed by atoms with van der Waals surface area (Å²) in [7, 11) is -5.83. The van der Waals surface area contributed by atoms with Gasteiger partial charge in [0.15, 0.2) is 0 Å². The van der Waals surface area contributed by atoms with Crippen LogP contribution in [0.5, 0.6) is 0 Å². The molecular weight excluding hydrogens is 318 g/mol. The summed E-state index contributed by atoms with van der Waals surface area (Å²) in [6, 6.07) is 0. The van der Waals surface area contributed by atoms with Gasteiger partial charge < -0.3 is 30.1 Å². The zero-order chi connectivity index (χ0) is 7.15. The molecular formula is AlB2O6Yb. The quantitative estimate of drug-likeness (QED) is 0.407. The van der Waals surface area contributed by atoms with Crippen molar-refractivity contribution in [1.82, 2.24) is 0 Å². The molecule has 0 aliphatic heterocycles. The van der Waals surface area contributed by atoms with Crippen LogP contribution in [0.15, 0.2) is 0 Å². The topological polar surface area (TPSA) is 138 Å². The minimum absolute atomic E-state index is 0. The number of hydrogen-bond acceptors (Lipinski definition) is 6. The molecule has 1 radical (unpaired) electrons. The first-order valence-corrected chi connectivity index (χ1v) is 1.41. The van der Waals surface area contributed by atoms with Gasteiger partial charge in [-0.1, -0.05) is 0 Å². The van der Waals surface area contributed by atoms with Crippen molar-refractivity contribution in [2.45, 2.75) is 0 Å². The van der Waals surface area contributed by atoms with E-state index in [4.69, 9.17) is 30.1 Å². The van der Waals surface area contributed by atoms with Gasteiger partial charge in [0.2, 0.25) is 0 Å². The normalized spacial score (nSPS) is 5.40. The van der Waals surface area contributed by atoms with Crippen molar-refractivity contribution in [1.29, 1.82) is 0 Å². The van der Waals surface area contributed by atoms with Gasteiger partial charge in [0, 0.05) is 0 Å². The maximum Gasteiger partial charge on any atom is 3.00 e. The van der Waals surface area contributed by atoms with Gasteiger partial charge in [-0.2, -0.15) is 0 Å². The summed E-state index contributed by atoms with van der Waals surface area (Å²) in [5.41, 5.74) is 0. The van der Waals surface area contributed by atoms with Crippen LogP contribution < -0.4 is 30.1 Å². The van der Waals surface area contributed by atoms with Crippen molar-refractivity contribution in [3.8, 4) is 0 Å². The number of rotatable bonds is 0. The second-order valence-corrected chi connectivity index (χ2v) is 0.577. The third-order valence-corrected chi connectivity index (χ3v) is 0. The smallest absolute Gasteiger partial charge is 0.907 e. The Hall–Kier alpha value is 1.94. The molecule has 59 valence electrons. The molecule has 0 aromatic heterocycles. The van der Waals surface area contributed by atoms with Crippen LogP contribution in [-0.2, 0) is 0 Å². The Balaban J connectivity index is -0.0000000300. The fraction of sp³-hybridized carbons (Fsp3) is 0. The van der Waals surface area contributed by atoms with E-state index in [0.29, 0.717) is 0 Å². The van der Waals surface area contributed by atoms with E-state index in [-0.39, 0.29) is 64.3 Å². The largest absolute Gasteiger partial charge is 3.00 e. The van der Waals surface area contributed by atoms with Gasteiger partial charge in [-0.05, 0) is 0 Å². The zero-order valence-corrected chi connectivity index (χ0v) is 7.32. The van der Waals surface area contributed by atoms with E-state index in [2.05, 4.69) is 0 Å². The summed E-state index contributed by atoms with van der Waals surface area (Å²) < 4.78 is 0. The second kappa shape index (κ2) is 17.1. The average molecular weight is 318 g/mol. The second-order valence-electron chi connectivity index (χ2n) is 0.577. The van der Waals surface area contributed by atoms with Crippen LogP contribution in [-0.4, -0.2) is 32.0 Å². The van der Waals surface area contributed by atoms with Crippen LogP contribution in [0.4, 0.5) is 0 Å². The van der Waals surface area contributed by atoms with E-state index >= 15 is 0 Å². The predicted molar refractivity (Wildman–Crippen MR) is 17.3 cm³/mol. The average Bonchev–Trinajstić information content (AvgIpc) is 1.25. The fourth-order valence-corrected chi connectivity index (χ4v) is 0. The third kappa shape index (κ3) is 211. The Morgan fingerprint density at radius 2 is 0.600 bits per heavy atom. The Morgan fingerprint density at radius 3 is 0.600 bits per heavy atom. The number of hydrogen-bond donors (Lipinski definition) is 0. The Morgan fingerprint density at radius 1 is 0.600 bits per heavy atom. The molecule has 0 rings (SSSR count). The fourth-order valence-electron chi connectivity index (χ4n) is 0. The molecule has 0 aliphatic rings. The monoisotopic (exact) mass is 319 g/mol. The van der Waals surface area contributed by atoms with Crippen LogP contribution in [0, 0.1) is 46.9 Å². The van der Waals surface area contributed by atoms with Crippen molar-refractivity contribution >= 4 is 32.0 Å². The van der Waals surface area contributed by atoms with Crippen molar-refractivity contribution in [2.75, 3.05) is 0 Å². The van der Waals surface area contributed by atoms with Gasteiger partial charge in [-0.25, -0.2) is 0 Å². The van der Waals surface area contributed by atoms with E-state index in [9.17, 15) is 0 Å². The first kappa shape index (κ1) is 22.7. The molecule has 0 fully saturated rings. The van der Waals surface area contributed by atoms with E-state index in [0.717, 1.165) is 0 Å². The Bertz CT molecular complexity index is 31.2. The molecule has 0 saturated heterocycles. The minimum Gasteiger partial charge on any atom is -0.907 e. The SMILES string of the molecule is [Al+3].[O-]B([O-])[O-].[O-]B([O-])[O-].[Yb+3]. The molecule has 0 aromatic rings. The Kier molecular flexibility index (Phi) is 38.9. The van der Waals surface area contributed by atoms with Crippen LogP contribution in [0.25, 0.3) is 0 Å². The van der Waals surface area contributed by atoms with E-state index in [1.54, 1.807) is 0 Å². The third-order valence-electron chi connectivity index (χ3n) is 0. The molecule has 0 N–H and O–H groups in total. The predicted octanol–water partition coefficient (Wildman–Crippen LogP) is -8.28. The van der Waals surface area contributed by atoms with Crippen molar-refractivity contribution in [3.05, 3.63) is 0 Å². The molecule has 6 nitrogen and oxygen atoms in total. The summed E-state index contributed by atoms with van der Waals surface area (Å²) >= 11 is 0. The first-order chi connectivity index (χ1) is 3.46. The van der Waals surface area contributed by atoms with Crippen molar-refractivity contribution < 1.29 is 77.1 Å². The molecule has 10 heteroatoms. The van der Waals surface area contributed by atoms with Crippen LogP contribution in [0.2, 0.25) is 0 Å². The Labute approximate surface area is 108 Å². The molecule has 0 unspecified atom stereocenters. The molecule has 0 aromatic carbocycles. The van der Waals surface area contributed by atoms with Gasteiger partial charge in [-0.15, -0.1) is 0 Å². The zero-order valence-electron chi connectivity index (χ0n) is 4.45. The standard InChI is InChI=1S/Al.2BO3.Yb/c;2*2-1(3)4;/q+3;2*-3;+3. The molecule has 0 atom stereocenters. The van der Waals surface area contributed by atoms with Crippen molar-refractivity contribution in [2.24, 2.45) is 0 Å². The molecule has 0 bridgehead atoms. The van der Waals surface area contributed by atoms with E-state index < -0.39 is 14.6 Å². The van der Waals surface area contributed by atoms with Gasteiger partial charge in [0.1, 0.15) is 0 Å². The van der Waals surface area contributed by atoms with Gasteiger partial charge in [-0.3, -0.25) is 14.6 Å². The molecule has 0 aliphatic carbocycles. The first-order valence-electron chi connectivity index (χ1n) is 1.41. The molecule has 0 spiro atoms. The van der Waals surface area contributed by atoms with Crippen LogP contribution in [0.1, 0.15) is 0 Å². The minimum atomic E-state index is -2.92. The summed E-state index contributed by atoms with van der Waals surface area (Å²) in [6.45, 7) is 0. The maximum atomic E-state index is 8.42. The molecule has 0 saturated carbocycles. The summed E-state index contributed by atoms with van der Waals surface area (Å²) in [6.07, 6.45) is 0. The van der Waals surface area contributed by atoms with Gasteiger partial charge in [0.25, 0.3) is 0 Å². The molecule has 0 amide bonds. The maximum absolute atomic E-state index is 8.42. The molecule has 10 heavy (non-hydrogen) atoms. The van der Waals surface area contributed by atoms with Crippen molar-refractivity contribution in [3.63, 3.8) is 0 Å². The van der Waals surface area contributed by atoms with Gasteiger partial charge in [0.05, 0.1) is 0 Å². The van der Waals surface area contributed by atoms with Gasteiger partial charge >= 0.3 is 64.3 Å². The summed E-state index contributed by atoms with van der Waals surface area (Å²) in [5.74, 6) is 0. The van der Waals surface area contributed by atoms with Crippen LogP contribution in [0.3, 0.4) is 0 Å². The molecule has 0 heterocycles. The van der Waals surface area contributed by atoms with Crippen LogP contribution >= 0.6 is 0 Å². The van der Waals surface area contributed by atoms with E-state index in [1.807, 2.05) is 0 Å².